The van der Waals surface area contributed by atoms with Gasteiger partial charge in [-0.15, -0.1) is 0 Å². The molecule has 1 aliphatic carbocycles. The minimum Gasteiger partial charge on any atom is -0.444 e. The number of amides is 1. The normalized spacial score (nSPS) is 15.3. The fourth-order valence-electron chi connectivity index (χ4n) is 3.64. The Balaban J connectivity index is 1.87. The maximum atomic E-state index is 12.9. The fraction of sp³-hybridized carbons (Fsp3) is 0.522. The van der Waals surface area contributed by atoms with Gasteiger partial charge in [-0.3, -0.25) is 0 Å². The monoisotopic (exact) mass is 449 g/mol. The number of esters is 1. The van der Waals surface area contributed by atoms with Crippen LogP contribution in [0.5, 0.6) is 5.75 Å². The molecule has 168 valence electrons. The fourth-order valence-corrected chi connectivity index (χ4v) is 3.84. The molecule has 1 N–H and O–H groups in total. The zero-order valence-electron chi connectivity index (χ0n) is 18.5. The third-order valence-corrected chi connectivity index (χ3v) is 5.67. The highest BCUT2D eigenvalue weighted by atomic mass is 35.5. The molecule has 0 fully saturated rings. The van der Waals surface area contributed by atoms with Crippen LogP contribution >= 0.6 is 11.6 Å². The van der Waals surface area contributed by atoms with Crippen molar-refractivity contribution in [2.45, 2.75) is 71.9 Å². The first-order valence-electron chi connectivity index (χ1n) is 10.5. The van der Waals surface area contributed by atoms with E-state index in [2.05, 4.69) is 5.32 Å². The molecule has 2 aromatic rings. The molecule has 0 spiro atoms. The number of benzene rings is 1. The molecule has 7 nitrogen and oxygen atoms in total. The van der Waals surface area contributed by atoms with Gasteiger partial charge in [-0.05, 0) is 57.6 Å². The van der Waals surface area contributed by atoms with Crippen molar-refractivity contribution in [3.63, 3.8) is 0 Å². The Morgan fingerprint density at radius 2 is 1.90 bits per heavy atom. The van der Waals surface area contributed by atoms with Gasteiger partial charge in [-0.1, -0.05) is 31.9 Å². The van der Waals surface area contributed by atoms with Gasteiger partial charge >= 0.3 is 17.7 Å². The van der Waals surface area contributed by atoms with Crippen LogP contribution in [0.2, 0.25) is 5.02 Å². The highest BCUT2D eigenvalue weighted by Crippen LogP contribution is 2.35. The molecule has 31 heavy (non-hydrogen) atoms. The number of aryl methyl sites for hydroxylation is 1. The Morgan fingerprint density at radius 1 is 1.23 bits per heavy atom. The van der Waals surface area contributed by atoms with Crippen LogP contribution in [0.15, 0.2) is 21.3 Å². The largest absolute Gasteiger partial charge is 0.444 e. The minimum absolute atomic E-state index is 0.0690. The molecule has 1 amide bonds. The second kappa shape index (κ2) is 8.91. The van der Waals surface area contributed by atoms with E-state index in [1.807, 2.05) is 13.8 Å². The summed E-state index contributed by atoms with van der Waals surface area (Å²) >= 11 is 6.39. The maximum Gasteiger partial charge on any atom is 0.408 e. The first-order chi connectivity index (χ1) is 14.5. The molecule has 0 saturated heterocycles. The van der Waals surface area contributed by atoms with Gasteiger partial charge in [0.05, 0.1) is 5.02 Å². The maximum absolute atomic E-state index is 12.9. The van der Waals surface area contributed by atoms with Crippen molar-refractivity contribution in [3.05, 3.63) is 38.7 Å². The van der Waals surface area contributed by atoms with Crippen LogP contribution in [0.3, 0.4) is 0 Å². The summed E-state index contributed by atoms with van der Waals surface area (Å²) in [5.74, 6) is -0.815. The van der Waals surface area contributed by atoms with Crippen LogP contribution in [0.25, 0.3) is 11.0 Å². The van der Waals surface area contributed by atoms with Crippen LogP contribution in [-0.2, 0) is 22.4 Å². The van der Waals surface area contributed by atoms with Crippen LogP contribution < -0.4 is 15.7 Å². The van der Waals surface area contributed by atoms with E-state index in [1.165, 1.54) is 6.07 Å². The number of alkyl carbamates (subject to hydrolysis) is 1. The smallest absolute Gasteiger partial charge is 0.408 e. The summed E-state index contributed by atoms with van der Waals surface area (Å²) in [5, 5.41) is 3.57. The van der Waals surface area contributed by atoms with E-state index in [0.717, 1.165) is 23.8 Å². The summed E-state index contributed by atoms with van der Waals surface area (Å²) < 4.78 is 16.2. The Hall–Kier alpha value is -2.54. The van der Waals surface area contributed by atoms with Gasteiger partial charge in [0.25, 0.3) is 0 Å². The number of carbonyl (C=O) groups is 2. The lowest BCUT2D eigenvalue weighted by Gasteiger charge is -2.25. The van der Waals surface area contributed by atoms with Gasteiger partial charge in [0.2, 0.25) is 0 Å². The van der Waals surface area contributed by atoms with E-state index in [9.17, 15) is 14.4 Å². The Labute approximate surface area is 186 Å². The number of carbonyl (C=O) groups excluding carboxylic acids is 2. The third kappa shape index (κ3) is 5.21. The molecule has 0 saturated carbocycles. The molecule has 1 aromatic carbocycles. The second-order valence-corrected chi connectivity index (χ2v) is 9.32. The molecule has 0 bridgehead atoms. The van der Waals surface area contributed by atoms with Crippen molar-refractivity contribution >= 4 is 34.6 Å². The van der Waals surface area contributed by atoms with E-state index >= 15 is 0 Å². The van der Waals surface area contributed by atoms with Crippen molar-refractivity contribution in [2.75, 3.05) is 0 Å². The molecule has 0 unspecified atom stereocenters. The van der Waals surface area contributed by atoms with Crippen LogP contribution in [-0.4, -0.2) is 23.7 Å². The number of hydrogen-bond donors (Lipinski definition) is 1. The zero-order chi connectivity index (χ0) is 22.9. The highest BCUT2D eigenvalue weighted by molar-refractivity contribution is 6.33. The van der Waals surface area contributed by atoms with Gasteiger partial charge in [0.1, 0.15) is 17.2 Å². The number of halogens is 1. The van der Waals surface area contributed by atoms with Crippen molar-refractivity contribution in [1.29, 1.82) is 0 Å². The first-order valence-corrected chi connectivity index (χ1v) is 10.9. The van der Waals surface area contributed by atoms with Crippen LogP contribution in [0.1, 0.15) is 58.6 Å². The van der Waals surface area contributed by atoms with Gasteiger partial charge in [0, 0.05) is 17.0 Å². The number of rotatable bonds is 5. The van der Waals surface area contributed by atoms with Gasteiger partial charge in [-0.2, -0.15) is 0 Å². The summed E-state index contributed by atoms with van der Waals surface area (Å²) in [6.07, 6.45) is 2.28. The van der Waals surface area contributed by atoms with Crippen molar-refractivity contribution in [1.82, 2.24) is 5.32 Å². The lowest BCUT2D eigenvalue weighted by molar-refractivity contribution is -0.138. The van der Waals surface area contributed by atoms with Crippen molar-refractivity contribution in [2.24, 2.45) is 5.92 Å². The average molecular weight is 450 g/mol. The van der Waals surface area contributed by atoms with Crippen LogP contribution in [0.4, 0.5) is 4.79 Å². The molecule has 2 atom stereocenters. The summed E-state index contributed by atoms with van der Waals surface area (Å²) in [7, 11) is 0. The molecule has 8 heteroatoms. The molecular weight excluding hydrogens is 422 g/mol. The summed E-state index contributed by atoms with van der Waals surface area (Å²) in [5.41, 5.74) is 0.872. The third-order valence-electron chi connectivity index (χ3n) is 5.38. The quantitative estimate of drug-likeness (QED) is 0.401. The lowest BCUT2D eigenvalue weighted by Crippen LogP contribution is -2.48. The number of fused-ring (bicyclic) bond motifs is 3. The molecule has 1 aromatic heterocycles. The summed E-state index contributed by atoms with van der Waals surface area (Å²) in [4.78, 5) is 37.4. The first kappa shape index (κ1) is 23.1. The zero-order valence-corrected chi connectivity index (χ0v) is 19.2. The number of ether oxygens (including phenoxy) is 2. The molecule has 0 aliphatic heterocycles. The van der Waals surface area contributed by atoms with Crippen molar-refractivity contribution in [3.8, 4) is 5.75 Å². The van der Waals surface area contributed by atoms with E-state index in [-0.39, 0.29) is 22.3 Å². The molecule has 1 heterocycles. The predicted molar refractivity (Wildman–Crippen MR) is 118 cm³/mol. The predicted octanol–water partition coefficient (Wildman–Crippen LogP) is 4.78. The van der Waals surface area contributed by atoms with Crippen LogP contribution in [0, 0.1) is 5.92 Å². The van der Waals surface area contributed by atoms with Crippen molar-refractivity contribution < 1.29 is 23.5 Å². The van der Waals surface area contributed by atoms with Gasteiger partial charge in [-0.25, -0.2) is 14.4 Å². The standard InChI is InChI=1S/C23H28ClNO6/c1-6-12(2)19(25-22(28)31-23(3,4)5)21(27)30-18-11-17-15(10-16(18)24)13-8-7-9-14(13)20(26)29-17/h10-12,19H,6-9H2,1-5H3,(H,25,28)/t12-,19+/m1/s1. The Bertz CT molecular complexity index is 1070. The summed E-state index contributed by atoms with van der Waals surface area (Å²) in [6.45, 7) is 8.95. The van der Waals surface area contributed by atoms with E-state index in [0.29, 0.717) is 24.0 Å². The number of nitrogens with one attached hydrogen (secondary N) is 1. The second-order valence-electron chi connectivity index (χ2n) is 8.91. The molecular formula is C23H28ClNO6. The van der Waals surface area contributed by atoms with Gasteiger partial charge < -0.3 is 19.2 Å². The highest BCUT2D eigenvalue weighted by Gasteiger charge is 2.31. The van der Waals surface area contributed by atoms with E-state index < -0.39 is 23.7 Å². The summed E-state index contributed by atoms with van der Waals surface area (Å²) in [6, 6.07) is 2.18. The molecule has 3 rings (SSSR count). The van der Waals surface area contributed by atoms with E-state index in [1.54, 1.807) is 26.8 Å². The van der Waals surface area contributed by atoms with E-state index in [4.69, 9.17) is 25.5 Å². The topological polar surface area (TPSA) is 94.8 Å². The molecule has 0 radical (unpaired) electrons. The Morgan fingerprint density at radius 3 is 2.55 bits per heavy atom. The lowest BCUT2D eigenvalue weighted by atomic mass is 9.99. The average Bonchev–Trinajstić information content (AvgIpc) is 3.16. The number of hydrogen-bond acceptors (Lipinski definition) is 6. The minimum atomic E-state index is -0.932. The SMILES string of the molecule is CC[C@@H](C)[C@H](NC(=O)OC(C)(C)C)C(=O)Oc1cc2oc(=O)c3c(c2cc1Cl)CCC3. The Kier molecular flexibility index (Phi) is 6.65. The molecule has 1 aliphatic rings. The van der Waals surface area contributed by atoms with Gasteiger partial charge in [0.15, 0.2) is 5.75 Å².